The Balaban J connectivity index is 1.25. The number of hydrogen-bond donors (Lipinski definition) is 1. The van der Waals surface area contributed by atoms with Crippen molar-refractivity contribution in [1.82, 2.24) is 20.5 Å². The number of hydrogen-bond acceptors (Lipinski definition) is 11. The number of aryl methyl sites for hydroxylation is 1. The SMILES string of the molecule is CN(CCCCCc1nnc(NS(=O)(=O)c2ccccc2)s1)c1ccc([N+](=O)[O-])c2nonc12. The maximum Gasteiger partial charge on any atom is 0.300 e. The average molecular weight is 504 g/mol. The quantitative estimate of drug-likeness (QED) is 0.182. The molecular weight excluding hydrogens is 482 g/mol. The van der Waals surface area contributed by atoms with Crippen LogP contribution in [0.2, 0.25) is 0 Å². The number of non-ortho nitro benzene ring substituents is 1. The lowest BCUT2D eigenvalue weighted by Crippen LogP contribution is -2.19. The molecule has 1 N–H and O–H groups in total. The van der Waals surface area contributed by atoms with Crippen molar-refractivity contribution >= 4 is 48.9 Å². The highest BCUT2D eigenvalue weighted by atomic mass is 32.2. The van der Waals surface area contributed by atoms with Crippen LogP contribution in [0.5, 0.6) is 0 Å². The minimum atomic E-state index is -3.69. The van der Waals surface area contributed by atoms with E-state index in [9.17, 15) is 18.5 Å². The lowest BCUT2D eigenvalue weighted by molar-refractivity contribution is -0.383. The van der Waals surface area contributed by atoms with Crippen LogP contribution in [0.25, 0.3) is 11.0 Å². The number of benzene rings is 2. The van der Waals surface area contributed by atoms with Crippen LogP contribution in [0.15, 0.2) is 52.0 Å². The Labute approximate surface area is 198 Å². The standard InChI is InChI=1S/C20H21N7O5S2/c1-26(15-11-12-16(27(28)29)19-18(15)23-32-24-19)13-7-3-6-10-17-21-22-20(33-17)25-34(30,31)14-8-4-2-5-9-14/h2,4-5,8-9,11-12H,3,6-7,10,13H2,1H3,(H,22,25). The molecule has 34 heavy (non-hydrogen) atoms. The molecule has 14 heteroatoms. The van der Waals surface area contributed by atoms with Crippen LogP contribution < -0.4 is 9.62 Å². The third kappa shape index (κ3) is 5.28. The topological polar surface area (TPSA) is 157 Å². The number of fused-ring (bicyclic) bond motifs is 1. The highest BCUT2D eigenvalue weighted by molar-refractivity contribution is 7.93. The van der Waals surface area contributed by atoms with Crippen molar-refractivity contribution in [2.45, 2.75) is 30.6 Å². The smallest absolute Gasteiger partial charge is 0.300 e. The van der Waals surface area contributed by atoms with Crippen LogP contribution in [0, 0.1) is 10.1 Å². The van der Waals surface area contributed by atoms with E-state index >= 15 is 0 Å². The predicted molar refractivity (Wildman–Crippen MR) is 126 cm³/mol. The monoisotopic (exact) mass is 503 g/mol. The Bertz CT molecular complexity index is 1390. The molecular formula is C20H21N7O5S2. The molecule has 0 fully saturated rings. The minimum Gasteiger partial charge on any atom is -0.373 e. The molecule has 0 aliphatic rings. The summed E-state index contributed by atoms with van der Waals surface area (Å²) in [5, 5.41) is 27.6. The van der Waals surface area contributed by atoms with Gasteiger partial charge in [-0.2, -0.15) is 0 Å². The molecule has 0 unspecified atom stereocenters. The fourth-order valence-corrected chi connectivity index (χ4v) is 5.42. The van der Waals surface area contributed by atoms with Gasteiger partial charge in [0.05, 0.1) is 15.5 Å². The molecule has 12 nitrogen and oxygen atoms in total. The van der Waals surface area contributed by atoms with Crippen LogP contribution in [0.1, 0.15) is 24.3 Å². The molecule has 2 heterocycles. The van der Waals surface area contributed by atoms with E-state index in [0.717, 1.165) is 24.3 Å². The zero-order chi connectivity index (χ0) is 24.1. The maximum atomic E-state index is 12.4. The van der Waals surface area contributed by atoms with Crippen LogP contribution in [0.3, 0.4) is 0 Å². The van der Waals surface area contributed by atoms with Crippen molar-refractivity contribution in [3.63, 3.8) is 0 Å². The van der Waals surface area contributed by atoms with Gasteiger partial charge in [-0.05, 0) is 41.4 Å². The maximum absolute atomic E-state index is 12.4. The second-order valence-electron chi connectivity index (χ2n) is 7.47. The van der Waals surface area contributed by atoms with Gasteiger partial charge in [0.1, 0.15) is 5.01 Å². The first-order valence-corrected chi connectivity index (χ1v) is 12.7. The van der Waals surface area contributed by atoms with Crippen LogP contribution in [-0.4, -0.2) is 47.4 Å². The average Bonchev–Trinajstić information content (AvgIpc) is 3.48. The summed E-state index contributed by atoms with van der Waals surface area (Å²) in [6, 6.07) is 11.1. The molecule has 2 aromatic heterocycles. The molecule has 0 aliphatic heterocycles. The Morgan fingerprint density at radius 3 is 2.59 bits per heavy atom. The number of sulfonamides is 1. The van der Waals surface area contributed by atoms with Gasteiger partial charge in [0, 0.05) is 26.1 Å². The number of aromatic nitrogens is 4. The molecule has 0 aliphatic carbocycles. The zero-order valence-corrected chi connectivity index (χ0v) is 19.8. The minimum absolute atomic E-state index is 0.129. The molecule has 0 saturated heterocycles. The third-order valence-corrected chi connectivity index (χ3v) is 7.49. The molecule has 2 aromatic carbocycles. The summed E-state index contributed by atoms with van der Waals surface area (Å²) in [5.41, 5.74) is 1.05. The summed E-state index contributed by atoms with van der Waals surface area (Å²) < 4.78 is 31.9. The molecule has 178 valence electrons. The Hall–Kier alpha value is -3.65. The van der Waals surface area contributed by atoms with Crippen LogP contribution in [0.4, 0.5) is 16.5 Å². The first-order chi connectivity index (χ1) is 16.3. The van der Waals surface area contributed by atoms with Gasteiger partial charge < -0.3 is 4.90 Å². The van der Waals surface area contributed by atoms with Crippen molar-refractivity contribution in [2.75, 3.05) is 23.2 Å². The molecule has 4 rings (SSSR count). The number of nitro benzene ring substituents is 1. The van der Waals surface area contributed by atoms with Gasteiger partial charge in [-0.25, -0.2) is 13.0 Å². The van der Waals surface area contributed by atoms with Crippen molar-refractivity contribution in [3.8, 4) is 0 Å². The summed E-state index contributed by atoms with van der Waals surface area (Å²) >= 11 is 1.22. The molecule has 0 bridgehead atoms. The molecule has 0 spiro atoms. The van der Waals surface area contributed by atoms with Gasteiger partial charge in [0.15, 0.2) is 5.52 Å². The number of anilines is 2. The predicted octanol–water partition coefficient (Wildman–Crippen LogP) is 3.63. The summed E-state index contributed by atoms with van der Waals surface area (Å²) in [5.74, 6) is 0. The molecule has 0 amide bonds. The first-order valence-electron chi connectivity index (χ1n) is 10.4. The van der Waals surface area contributed by atoms with Gasteiger partial charge in [0.2, 0.25) is 10.6 Å². The van der Waals surface area contributed by atoms with E-state index < -0.39 is 14.9 Å². The molecule has 4 aromatic rings. The Morgan fingerprint density at radius 2 is 1.82 bits per heavy atom. The van der Waals surface area contributed by atoms with E-state index in [1.807, 2.05) is 11.9 Å². The van der Waals surface area contributed by atoms with Gasteiger partial charge in [0.25, 0.3) is 10.0 Å². The van der Waals surface area contributed by atoms with E-state index in [2.05, 4.69) is 25.2 Å². The number of nitrogens with zero attached hydrogens (tertiary/aromatic N) is 6. The van der Waals surface area contributed by atoms with E-state index in [4.69, 9.17) is 4.63 Å². The van der Waals surface area contributed by atoms with E-state index in [0.29, 0.717) is 24.2 Å². The normalized spacial score (nSPS) is 11.6. The van der Waals surface area contributed by atoms with Gasteiger partial charge >= 0.3 is 5.69 Å². The van der Waals surface area contributed by atoms with Crippen molar-refractivity contribution in [1.29, 1.82) is 0 Å². The molecule has 0 atom stereocenters. The van der Waals surface area contributed by atoms with Gasteiger partial charge in [-0.1, -0.05) is 36.0 Å². The highest BCUT2D eigenvalue weighted by Gasteiger charge is 2.21. The summed E-state index contributed by atoms with van der Waals surface area (Å²) in [6.07, 6.45) is 3.31. The summed E-state index contributed by atoms with van der Waals surface area (Å²) in [4.78, 5) is 12.7. The fourth-order valence-electron chi connectivity index (χ4n) is 3.39. The van der Waals surface area contributed by atoms with E-state index in [1.54, 1.807) is 24.3 Å². The third-order valence-electron chi connectivity index (χ3n) is 5.11. The number of nitrogens with one attached hydrogen (secondary N) is 1. The number of nitro groups is 1. The van der Waals surface area contributed by atoms with Crippen LogP contribution >= 0.6 is 11.3 Å². The van der Waals surface area contributed by atoms with E-state index in [1.165, 1.54) is 29.5 Å². The Kier molecular flexibility index (Phi) is 6.98. The van der Waals surface area contributed by atoms with Gasteiger partial charge in [-0.15, -0.1) is 10.2 Å². The van der Waals surface area contributed by atoms with Gasteiger partial charge in [-0.3, -0.25) is 14.8 Å². The van der Waals surface area contributed by atoms with Crippen molar-refractivity contribution in [2.24, 2.45) is 0 Å². The molecule has 0 saturated carbocycles. The lowest BCUT2D eigenvalue weighted by Gasteiger charge is -2.18. The fraction of sp³-hybridized carbons (Fsp3) is 0.300. The highest BCUT2D eigenvalue weighted by Crippen LogP contribution is 2.30. The zero-order valence-electron chi connectivity index (χ0n) is 18.1. The lowest BCUT2D eigenvalue weighted by atomic mass is 10.1. The number of unbranched alkanes of at least 4 members (excludes halogenated alkanes) is 2. The number of rotatable bonds is 11. The van der Waals surface area contributed by atoms with Crippen LogP contribution in [-0.2, 0) is 16.4 Å². The van der Waals surface area contributed by atoms with Crippen molar-refractivity contribution < 1.29 is 18.0 Å². The largest absolute Gasteiger partial charge is 0.373 e. The van der Waals surface area contributed by atoms with Crippen molar-refractivity contribution in [3.05, 3.63) is 57.6 Å². The Morgan fingerprint density at radius 1 is 1.06 bits per heavy atom. The first kappa shape index (κ1) is 23.5. The summed E-state index contributed by atoms with van der Waals surface area (Å²) in [7, 11) is -1.81. The van der Waals surface area contributed by atoms with E-state index in [-0.39, 0.29) is 21.2 Å². The second-order valence-corrected chi connectivity index (χ2v) is 10.2. The second kappa shape index (κ2) is 10.1. The summed E-state index contributed by atoms with van der Waals surface area (Å²) in [6.45, 7) is 0.706. The molecule has 0 radical (unpaired) electrons.